The van der Waals surface area contributed by atoms with Gasteiger partial charge in [-0.15, -0.1) is 0 Å². The topological polar surface area (TPSA) is 68.0 Å². The maximum atomic E-state index is 12.4. The highest BCUT2D eigenvalue weighted by atomic mass is 16.5. The Morgan fingerprint density at radius 3 is 2.58 bits per heavy atom. The van der Waals surface area contributed by atoms with Crippen LogP contribution in [-0.2, 0) is 0 Å². The van der Waals surface area contributed by atoms with Crippen LogP contribution in [0.25, 0.3) is 11.3 Å². The van der Waals surface area contributed by atoms with Crippen LogP contribution in [0.1, 0.15) is 55.4 Å². The fourth-order valence-corrected chi connectivity index (χ4v) is 6.15. The molecule has 5 nitrogen and oxygen atoms in total. The number of amides is 1. The van der Waals surface area contributed by atoms with Crippen molar-refractivity contribution >= 4 is 5.91 Å². The summed E-state index contributed by atoms with van der Waals surface area (Å²) >= 11 is 0. The first-order valence-electron chi connectivity index (χ1n) is 9.84. The van der Waals surface area contributed by atoms with E-state index in [-0.39, 0.29) is 5.91 Å². The van der Waals surface area contributed by atoms with E-state index in [9.17, 15) is 4.79 Å². The van der Waals surface area contributed by atoms with Gasteiger partial charge < -0.3 is 9.84 Å². The Morgan fingerprint density at radius 2 is 1.92 bits per heavy atom. The summed E-state index contributed by atoms with van der Waals surface area (Å²) in [5, 5.41) is 6.98. The SMILES string of the molecule is O=C(NCCC12CC3CC(CC(C3)C1)C2)c1cc(-c2cccnc2)on1. The Balaban J connectivity index is 1.19. The molecule has 0 unspecified atom stereocenters. The quantitative estimate of drug-likeness (QED) is 0.881. The molecule has 0 radical (unpaired) electrons. The number of hydrogen-bond donors (Lipinski definition) is 1. The van der Waals surface area contributed by atoms with Crippen LogP contribution in [0, 0.1) is 23.2 Å². The first-order chi connectivity index (χ1) is 12.7. The molecule has 1 N–H and O–H groups in total. The molecule has 5 heteroatoms. The van der Waals surface area contributed by atoms with E-state index in [2.05, 4.69) is 15.5 Å². The molecular weight excluding hydrogens is 326 g/mol. The van der Waals surface area contributed by atoms with Gasteiger partial charge in [0, 0.05) is 30.6 Å². The Labute approximate surface area is 153 Å². The number of hydrogen-bond acceptors (Lipinski definition) is 4. The largest absolute Gasteiger partial charge is 0.355 e. The molecule has 4 aliphatic carbocycles. The second kappa shape index (κ2) is 6.22. The minimum absolute atomic E-state index is 0.145. The summed E-state index contributed by atoms with van der Waals surface area (Å²) in [6.45, 7) is 0.736. The van der Waals surface area contributed by atoms with E-state index < -0.39 is 0 Å². The molecule has 2 aromatic rings. The smallest absolute Gasteiger partial charge is 0.273 e. The molecule has 0 aromatic carbocycles. The van der Waals surface area contributed by atoms with E-state index in [4.69, 9.17) is 4.52 Å². The average molecular weight is 351 g/mol. The van der Waals surface area contributed by atoms with Crippen molar-refractivity contribution in [2.45, 2.75) is 44.9 Å². The lowest BCUT2D eigenvalue weighted by molar-refractivity contribution is -0.0564. The zero-order valence-electron chi connectivity index (χ0n) is 15.0. The van der Waals surface area contributed by atoms with Crippen LogP contribution in [0.15, 0.2) is 35.1 Å². The number of carbonyl (C=O) groups is 1. The predicted octanol–water partition coefficient (Wildman–Crippen LogP) is 4.07. The number of nitrogens with one attached hydrogen (secondary N) is 1. The number of carbonyl (C=O) groups excluding carboxylic acids is 1. The summed E-state index contributed by atoms with van der Waals surface area (Å²) in [5.74, 6) is 3.29. The molecule has 6 rings (SSSR count). The third-order valence-corrected chi connectivity index (χ3v) is 6.79. The third kappa shape index (κ3) is 2.93. The van der Waals surface area contributed by atoms with E-state index in [1.807, 2.05) is 12.1 Å². The molecular formula is C21H25N3O2. The van der Waals surface area contributed by atoms with Crippen molar-refractivity contribution in [1.29, 1.82) is 0 Å². The lowest BCUT2D eigenvalue weighted by Gasteiger charge is -2.57. The van der Waals surface area contributed by atoms with Crippen LogP contribution in [0.3, 0.4) is 0 Å². The summed E-state index contributed by atoms with van der Waals surface area (Å²) in [6.07, 6.45) is 13.0. The van der Waals surface area contributed by atoms with E-state index in [1.165, 1.54) is 38.5 Å². The zero-order valence-corrected chi connectivity index (χ0v) is 15.0. The first kappa shape index (κ1) is 16.0. The van der Waals surface area contributed by atoms with Gasteiger partial charge in [-0.2, -0.15) is 0 Å². The molecule has 0 saturated heterocycles. The molecule has 2 heterocycles. The van der Waals surface area contributed by atoms with Crippen LogP contribution < -0.4 is 5.32 Å². The lowest BCUT2D eigenvalue weighted by atomic mass is 9.49. The molecule has 2 aromatic heterocycles. The molecule has 0 aliphatic heterocycles. The van der Waals surface area contributed by atoms with Gasteiger partial charge in [0.05, 0.1) is 0 Å². The molecule has 0 spiro atoms. The van der Waals surface area contributed by atoms with E-state index >= 15 is 0 Å². The monoisotopic (exact) mass is 351 g/mol. The van der Waals surface area contributed by atoms with Crippen LogP contribution in [-0.4, -0.2) is 22.6 Å². The predicted molar refractivity (Wildman–Crippen MR) is 97.3 cm³/mol. The normalized spacial score (nSPS) is 31.9. The van der Waals surface area contributed by atoms with E-state index in [0.29, 0.717) is 16.9 Å². The van der Waals surface area contributed by atoms with Gasteiger partial charge in [-0.1, -0.05) is 5.16 Å². The minimum Gasteiger partial charge on any atom is -0.355 e. The number of pyridine rings is 1. The Hall–Kier alpha value is -2.17. The fourth-order valence-electron chi connectivity index (χ4n) is 6.15. The number of rotatable bonds is 5. The van der Waals surface area contributed by atoms with Crippen molar-refractivity contribution < 1.29 is 9.32 Å². The Kier molecular flexibility index (Phi) is 3.84. The molecule has 4 fully saturated rings. The van der Waals surface area contributed by atoms with Crippen LogP contribution >= 0.6 is 0 Å². The van der Waals surface area contributed by atoms with Crippen molar-refractivity contribution in [3.05, 3.63) is 36.3 Å². The zero-order chi connectivity index (χ0) is 17.6. The highest BCUT2D eigenvalue weighted by Crippen LogP contribution is 2.61. The second-order valence-corrected chi connectivity index (χ2v) is 8.74. The maximum Gasteiger partial charge on any atom is 0.273 e. The Bertz CT molecular complexity index is 763. The number of nitrogens with zero attached hydrogens (tertiary/aromatic N) is 2. The van der Waals surface area contributed by atoms with Gasteiger partial charge in [-0.25, -0.2) is 0 Å². The van der Waals surface area contributed by atoms with Crippen LogP contribution in [0.5, 0.6) is 0 Å². The molecule has 4 bridgehead atoms. The van der Waals surface area contributed by atoms with Crippen molar-refractivity contribution in [2.75, 3.05) is 6.54 Å². The first-order valence-corrected chi connectivity index (χ1v) is 9.84. The van der Waals surface area contributed by atoms with Crippen molar-refractivity contribution in [3.63, 3.8) is 0 Å². The van der Waals surface area contributed by atoms with Crippen LogP contribution in [0.4, 0.5) is 0 Å². The van der Waals surface area contributed by atoms with Crippen LogP contribution in [0.2, 0.25) is 0 Å². The molecule has 4 aliphatic rings. The highest BCUT2D eigenvalue weighted by molar-refractivity contribution is 5.93. The van der Waals surface area contributed by atoms with Gasteiger partial charge in [-0.3, -0.25) is 9.78 Å². The second-order valence-electron chi connectivity index (χ2n) is 8.74. The van der Waals surface area contributed by atoms with E-state index in [0.717, 1.165) is 36.3 Å². The fraction of sp³-hybridized carbons (Fsp3) is 0.571. The highest BCUT2D eigenvalue weighted by Gasteiger charge is 2.50. The van der Waals surface area contributed by atoms with E-state index in [1.54, 1.807) is 18.5 Å². The summed E-state index contributed by atoms with van der Waals surface area (Å²) in [5.41, 5.74) is 1.66. The summed E-state index contributed by atoms with van der Waals surface area (Å²) < 4.78 is 5.30. The summed E-state index contributed by atoms with van der Waals surface area (Å²) in [4.78, 5) is 16.5. The molecule has 136 valence electrons. The third-order valence-electron chi connectivity index (χ3n) is 6.79. The van der Waals surface area contributed by atoms with Crippen molar-refractivity contribution in [3.8, 4) is 11.3 Å². The van der Waals surface area contributed by atoms with Gasteiger partial charge in [0.1, 0.15) is 0 Å². The summed E-state index contributed by atoms with van der Waals surface area (Å²) in [7, 11) is 0. The van der Waals surface area contributed by atoms with Gasteiger partial charge in [0.2, 0.25) is 0 Å². The van der Waals surface area contributed by atoms with Gasteiger partial charge in [0.25, 0.3) is 5.91 Å². The lowest BCUT2D eigenvalue weighted by Crippen LogP contribution is -2.47. The standard InChI is InChI=1S/C21H25N3O2/c25-20(18-9-19(26-24-18)17-2-1-4-22-13-17)23-5-3-21-10-14-6-15(11-21)8-16(7-14)12-21/h1-2,4,9,13-16H,3,5-8,10-12H2,(H,23,25). The molecule has 4 saturated carbocycles. The van der Waals surface area contributed by atoms with Crippen molar-refractivity contribution in [1.82, 2.24) is 15.5 Å². The minimum atomic E-state index is -0.145. The van der Waals surface area contributed by atoms with Gasteiger partial charge >= 0.3 is 0 Å². The summed E-state index contributed by atoms with van der Waals surface area (Å²) in [6, 6.07) is 5.42. The molecule has 0 atom stereocenters. The van der Waals surface area contributed by atoms with Gasteiger partial charge in [0.15, 0.2) is 11.5 Å². The van der Waals surface area contributed by atoms with Gasteiger partial charge in [-0.05, 0) is 80.2 Å². The Morgan fingerprint density at radius 1 is 1.19 bits per heavy atom. The molecule has 26 heavy (non-hydrogen) atoms. The number of aromatic nitrogens is 2. The van der Waals surface area contributed by atoms with Crippen molar-refractivity contribution in [2.24, 2.45) is 23.2 Å². The molecule has 1 amide bonds. The average Bonchev–Trinajstić information content (AvgIpc) is 3.11. The maximum absolute atomic E-state index is 12.4.